The molecule has 0 unspecified atom stereocenters. The summed E-state index contributed by atoms with van der Waals surface area (Å²) in [4.78, 5) is 6.78. The van der Waals surface area contributed by atoms with Crippen LogP contribution in [0.15, 0.2) is 30.5 Å². The predicted octanol–water partition coefficient (Wildman–Crippen LogP) is 2.52. The zero-order valence-electron chi connectivity index (χ0n) is 11.0. The average molecular weight is 255 g/mol. The molecule has 2 aromatic rings. The largest absolute Gasteiger partial charge is 0.355 e. The summed E-state index contributed by atoms with van der Waals surface area (Å²) < 4.78 is 0. The van der Waals surface area contributed by atoms with Gasteiger partial charge in [0, 0.05) is 18.8 Å². The van der Waals surface area contributed by atoms with Gasteiger partial charge in [0.25, 0.3) is 0 Å². The van der Waals surface area contributed by atoms with Crippen molar-refractivity contribution in [3.8, 4) is 0 Å². The summed E-state index contributed by atoms with van der Waals surface area (Å²) in [6, 6.07) is 8.08. The van der Waals surface area contributed by atoms with Gasteiger partial charge in [-0.25, -0.2) is 0 Å². The van der Waals surface area contributed by atoms with Gasteiger partial charge in [0.05, 0.1) is 6.20 Å². The fourth-order valence-electron chi connectivity index (χ4n) is 2.28. The maximum Gasteiger partial charge on any atom is 0.249 e. The number of anilines is 3. The monoisotopic (exact) mass is 255 g/mol. The van der Waals surface area contributed by atoms with Crippen LogP contribution in [0.4, 0.5) is 17.5 Å². The maximum absolute atomic E-state index is 4.53. The zero-order chi connectivity index (χ0) is 13.1. The summed E-state index contributed by atoms with van der Waals surface area (Å²) in [7, 11) is 0. The van der Waals surface area contributed by atoms with Crippen molar-refractivity contribution in [1.82, 2.24) is 15.2 Å². The minimum Gasteiger partial charge on any atom is -0.355 e. The van der Waals surface area contributed by atoms with Crippen LogP contribution < -0.4 is 10.2 Å². The second kappa shape index (κ2) is 5.22. The molecule has 0 aliphatic carbocycles. The van der Waals surface area contributed by atoms with E-state index in [0.717, 1.165) is 30.2 Å². The molecular weight excluding hydrogens is 238 g/mol. The van der Waals surface area contributed by atoms with E-state index in [1.165, 1.54) is 12.8 Å². The predicted molar refractivity (Wildman–Crippen MR) is 75.7 cm³/mol. The highest BCUT2D eigenvalue weighted by Crippen LogP contribution is 2.20. The SMILES string of the molecule is Cc1ccccc1Nc1nncc(N2CCCC2)n1. The van der Waals surface area contributed by atoms with Crippen molar-refractivity contribution in [1.29, 1.82) is 0 Å². The Labute approximate surface area is 112 Å². The molecule has 5 nitrogen and oxygen atoms in total. The van der Waals surface area contributed by atoms with Crippen LogP contribution in [0.2, 0.25) is 0 Å². The van der Waals surface area contributed by atoms with Crippen LogP contribution in [-0.4, -0.2) is 28.3 Å². The quantitative estimate of drug-likeness (QED) is 0.913. The van der Waals surface area contributed by atoms with Crippen molar-refractivity contribution in [2.24, 2.45) is 0 Å². The third kappa shape index (κ3) is 2.65. The molecule has 19 heavy (non-hydrogen) atoms. The molecule has 5 heteroatoms. The molecule has 1 aromatic carbocycles. The van der Waals surface area contributed by atoms with Crippen LogP contribution >= 0.6 is 0 Å². The molecule has 1 aromatic heterocycles. The maximum atomic E-state index is 4.53. The molecule has 0 saturated carbocycles. The zero-order valence-corrected chi connectivity index (χ0v) is 11.0. The van der Waals surface area contributed by atoms with Gasteiger partial charge in [-0.3, -0.25) is 0 Å². The number of rotatable bonds is 3. The third-order valence-corrected chi connectivity index (χ3v) is 3.37. The Morgan fingerprint density at radius 1 is 1.16 bits per heavy atom. The molecule has 1 N–H and O–H groups in total. The number of nitrogens with one attached hydrogen (secondary N) is 1. The van der Waals surface area contributed by atoms with Crippen LogP contribution in [0.3, 0.4) is 0 Å². The van der Waals surface area contributed by atoms with Crippen LogP contribution in [-0.2, 0) is 0 Å². The topological polar surface area (TPSA) is 53.9 Å². The van der Waals surface area contributed by atoms with Gasteiger partial charge in [0.15, 0.2) is 5.82 Å². The molecule has 1 saturated heterocycles. The number of para-hydroxylation sites is 1. The van der Waals surface area contributed by atoms with Gasteiger partial charge in [-0.1, -0.05) is 18.2 Å². The third-order valence-electron chi connectivity index (χ3n) is 3.37. The van der Waals surface area contributed by atoms with Crippen LogP contribution in [0.1, 0.15) is 18.4 Å². The van der Waals surface area contributed by atoms with Gasteiger partial charge < -0.3 is 10.2 Å². The van der Waals surface area contributed by atoms with Crippen molar-refractivity contribution < 1.29 is 0 Å². The normalized spacial score (nSPS) is 14.7. The molecule has 98 valence electrons. The molecule has 0 radical (unpaired) electrons. The number of aromatic nitrogens is 3. The molecule has 0 spiro atoms. The molecule has 0 atom stereocenters. The van der Waals surface area contributed by atoms with E-state index >= 15 is 0 Å². The number of benzene rings is 1. The molecule has 3 rings (SSSR count). The Morgan fingerprint density at radius 3 is 2.74 bits per heavy atom. The van der Waals surface area contributed by atoms with Crippen molar-refractivity contribution in [2.75, 3.05) is 23.3 Å². The van der Waals surface area contributed by atoms with E-state index in [1.807, 2.05) is 18.2 Å². The van der Waals surface area contributed by atoms with E-state index in [2.05, 4.69) is 38.4 Å². The van der Waals surface area contributed by atoms with Crippen molar-refractivity contribution in [2.45, 2.75) is 19.8 Å². The summed E-state index contributed by atoms with van der Waals surface area (Å²) in [6.45, 7) is 4.17. The van der Waals surface area contributed by atoms with E-state index in [-0.39, 0.29) is 0 Å². The molecule has 1 aliphatic rings. The van der Waals surface area contributed by atoms with Crippen molar-refractivity contribution >= 4 is 17.5 Å². The highest BCUT2D eigenvalue weighted by molar-refractivity contribution is 5.58. The summed E-state index contributed by atoms with van der Waals surface area (Å²) in [6.07, 6.45) is 4.18. The van der Waals surface area contributed by atoms with Gasteiger partial charge >= 0.3 is 0 Å². The van der Waals surface area contributed by atoms with Crippen molar-refractivity contribution in [3.05, 3.63) is 36.0 Å². The van der Waals surface area contributed by atoms with E-state index in [0.29, 0.717) is 5.95 Å². The fraction of sp³-hybridized carbons (Fsp3) is 0.357. The summed E-state index contributed by atoms with van der Waals surface area (Å²) in [5, 5.41) is 11.3. The van der Waals surface area contributed by atoms with E-state index in [4.69, 9.17) is 0 Å². The lowest BCUT2D eigenvalue weighted by Crippen LogP contribution is -2.20. The molecule has 1 fully saturated rings. The van der Waals surface area contributed by atoms with Gasteiger partial charge in [0.2, 0.25) is 5.95 Å². The van der Waals surface area contributed by atoms with Gasteiger partial charge in [-0.15, -0.1) is 5.10 Å². The summed E-state index contributed by atoms with van der Waals surface area (Å²) in [5.74, 6) is 1.46. The van der Waals surface area contributed by atoms with E-state index in [1.54, 1.807) is 6.20 Å². The standard InChI is InChI=1S/C14H17N5/c1-11-6-2-3-7-12(11)16-14-17-13(10-15-18-14)19-8-4-5-9-19/h2-3,6-7,10H,4-5,8-9H2,1H3,(H,16,17,18). The first-order chi connectivity index (χ1) is 9.33. The van der Waals surface area contributed by atoms with Crippen LogP contribution in [0.25, 0.3) is 0 Å². The molecule has 0 bridgehead atoms. The number of hydrogen-bond acceptors (Lipinski definition) is 5. The van der Waals surface area contributed by atoms with E-state index in [9.17, 15) is 0 Å². The first-order valence-corrected chi connectivity index (χ1v) is 6.60. The first-order valence-electron chi connectivity index (χ1n) is 6.60. The summed E-state index contributed by atoms with van der Waals surface area (Å²) >= 11 is 0. The molecule has 0 amide bonds. The Morgan fingerprint density at radius 2 is 1.95 bits per heavy atom. The van der Waals surface area contributed by atoms with Gasteiger partial charge in [-0.05, 0) is 31.4 Å². The second-order valence-electron chi connectivity index (χ2n) is 4.77. The first kappa shape index (κ1) is 11.9. The van der Waals surface area contributed by atoms with Gasteiger partial charge in [-0.2, -0.15) is 10.1 Å². The molecular formula is C14H17N5. The van der Waals surface area contributed by atoms with E-state index < -0.39 is 0 Å². The lowest BCUT2D eigenvalue weighted by atomic mass is 10.2. The number of nitrogens with zero attached hydrogens (tertiary/aromatic N) is 4. The fourth-order valence-corrected chi connectivity index (χ4v) is 2.28. The molecule has 2 heterocycles. The Kier molecular flexibility index (Phi) is 3.27. The Hall–Kier alpha value is -2.17. The van der Waals surface area contributed by atoms with Crippen molar-refractivity contribution in [3.63, 3.8) is 0 Å². The van der Waals surface area contributed by atoms with Crippen LogP contribution in [0, 0.1) is 6.92 Å². The minimum absolute atomic E-state index is 0.554. The van der Waals surface area contributed by atoms with Gasteiger partial charge in [0.1, 0.15) is 0 Å². The highest BCUT2D eigenvalue weighted by Gasteiger charge is 2.14. The van der Waals surface area contributed by atoms with Crippen LogP contribution in [0.5, 0.6) is 0 Å². The Bertz CT molecular complexity index is 563. The lowest BCUT2D eigenvalue weighted by molar-refractivity contribution is 0.890. The lowest BCUT2D eigenvalue weighted by Gasteiger charge is -2.16. The summed E-state index contributed by atoms with van der Waals surface area (Å²) in [5.41, 5.74) is 2.18. The average Bonchev–Trinajstić information content (AvgIpc) is 2.96. The smallest absolute Gasteiger partial charge is 0.249 e. The minimum atomic E-state index is 0.554. The number of aryl methyl sites for hydroxylation is 1. The second-order valence-corrected chi connectivity index (χ2v) is 4.77. The number of hydrogen-bond donors (Lipinski definition) is 1. The molecule has 1 aliphatic heterocycles. The Balaban J connectivity index is 1.81. The highest BCUT2D eigenvalue weighted by atomic mass is 15.3.